The van der Waals surface area contributed by atoms with Gasteiger partial charge in [0.05, 0.1) is 39.6 Å². The predicted octanol–water partition coefficient (Wildman–Crippen LogP) is 3.16. The first kappa shape index (κ1) is 26.1. The van der Waals surface area contributed by atoms with Crippen molar-refractivity contribution in [2.45, 2.75) is 18.0 Å². The summed E-state index contributed by atoms with van der Waals surface area (Å²) in [7, 11) is -3.48. The van der Waals surface area contributed by atoms with E-state index in [0.29, 0.717) is 46.6 Å². The predicted molar refractivity (Wildman–Crippen MR) is 149 cm³/mol. The Balaban J connectivity index is 1.15. The van der Waals surface area contributed by atoms with E-state index in [-0.39, 0.29) is 23.8 Å². The Labute approximate surface area is 234 Å². The average molecular weight is 570 g/mol. The van der Waals surface area contributed by atoms with E-state index in [1.807, 2.05) is 36.4 Å². The molecule has 0 aromatic carbocycles. The van der Waals surface area contributed by atoms with Crippen molar-refractivity contribution in [1.82, 2.24) is 30.2 Å². The molecule has 12 nitrogen and oxygen atoms in total. The second kappa shape index (κ2) is 10.8. The number of nitrogens with one attached hydrogen (secondary N) is 2. The number of hydrogen-bond donors (Lipinski definition) is 2. The van der Waals surface area contributed by atoms with E-state index in [1.165, 1.54) is 18.5 Å². The Bertz CT molecular complexity index is 1900. The van der Waals surface area contributed by atoms with E-state index in [2.05, 4.69) is 25.6 Å². The van der Waals surface area contributed by atoms with Crippen LogP contribution < -0.4 is 20.1 Å². The number of hydrogen-bond acceptors (Lipinski definition) is 11. The van der Waals surface area contributed by atoms with Crippen molar-refractivity contribution in [2.75, 3.05) is 18.4 Å². The first-order valence-electron chi connectivity index (χ1n) is 12.5. The van der Waals surface area contributed by atoms with Gasteiger partial charge >= 0.3 is 0 Å². The Morgan fingerprint density at radius 3 is 2.68 bits per heavy atom. The highest BCUT2D eigenvalue weighted by Crippen LogP contribution is 2.30. The molecule has 0 unspecified atom stereocenters. The number of carbonyl (C=O) groups is 1. The second-order valence-corrected chi connectivity index (χ2v) is 11.3. The third-order valence-electron chi connectivity index (χ3n) is 6.23. The molecule has 5 aromatic heterocycles. The summed E-state index contributed by atoms with van der Waals surface area (Å²) in [4.78, 5) is 34.6. The Morgan fingerprint density at radius 1 is 0.927 bits per heavy atom. The lowest BCUT2D eigenvalue weighted by molar-refractivity contribution is 0.0949. The van der Waals surface area contributed by atoms with Gasteiger partial charge in [-0.05, 0) is 48.0 Å². The van der Waals surface area contributed by atoms with Crippen molar-refractivity contribution in [2.24, 2.45) is 0 Å². The maximum absolute atomic E-state index is 12.6. The molecule has 0 aliphatic carbocycles. The molecule has 0 bridgehead atoms. The zero-order chi connectivity index (χ0) is 28.4. The van der Waals surface area contributed by atoms with Crippen LogP contribution in [-0.4, -0.2) is 52.3 Å². The molecule has 0 saturated carbocycles. The van der Waals surface area contributed by atoms with Gasteiger partial charge < -0.3 is 20.1 Å². The highest BCUT2D eigenvalue weighted by Gasteiger charge is 2.15. The molecule has 206 valence electrons. The van der Waals surface area contributed by atoms with Crippen LogP contribution in [0, 0.1) is 0 Å². The molecule has 6 rings (SSSR count). The van der Waals surface area contributed by atoms with Crippen LogP contribution in [0.3, 0.4) is 0 Å². The molecule has 0 radical (unpaired) electrons. The molecular weight excluding hydrogens is 546 g/mol. The third-order valence-corrected chi connectivity index (χ3v) is 7.31. The molecule has 1 aliphatic rings. The number of rotatable bonds is 8. The van der Waals surface area contributed by atoms with Crippen LogP contribution in [0.4, 0.5) is 5.82 Å². The zero-order valence-corrected chi connectivity index (χ0v) is 22.6. The lowest BCUT2D eigenvalue weighted by Gasteiger charge is -2.09. The maximum Gasteiger partial charge on any atom is 0.260 e. The van der Waals surface area contributed by atoms with Crippen LogP contribution in [0.1, 0.15) is 21.6 Å². The Kier molecular flexibility index (Phi) is 6.85. The SMILES string of the molecule is CS(=O)(=O)c1cncc(C(=O)NCc2cc3nc(-c4cccc(NCc5cnc6c(c5)OCO6)n4)ccc3cn2)c1. The minimum atomic E-state index is -3.48. The number of aromatic nitrogens is 5. The Morgan fingerprint density at radius 2 is 1.80 bits per heavy atom. The van der Waals surface area contributed by atoms with Crippen LogP contribution in [0.2, 0.25) is 0 Å². The van der Waals surface area contributed by atoms with Crippen molar-refractivity contribution in [3.8, 4) is 23.0 Å². The van der Waals surface area contributed by atoms with Gasteiger partial charge in [0.2, 0.25) is 6.79 Å². The summed E-state index contributed by atoms with van der Waals surface area (Å²) in [5.41, 5.74) is 3.71. The molecule has 13 heteroatoms. The quantitative estimate of drug-likeness (QED) is 0.283. The van der Waals surface area contributed by atoms with Crippen molar-refractivity contribution >= 4 is 32.5 Å². The number of carbonyl (C=O) groups excluding carboxylic acids is 1. The summed E-state index contributed by atoms with van der Waals surface area (Å²) in [6.07, 6.45) is 7.00. The number of ether oxygens (including phenoxy) is 2. The zero-order valence-electron chi connectivity index (χ0n) is 21.7. The highest BCUT2D eigenvalue weighted by atomic mass is 32.2. The molecule has 0 saturated heterocycles. The minimum Gasteiger partial charge on any atom is -0.452 e. The topological polar surface area (TPSA) is 158 Å². The molecular formula is C28H23N7O5S. The fourth-order valence-corrected chi connectivity index (χ4v) is 4.71. The second-order valence-electron chi connectivity index (χ2n) is 9.24. The Hall–Kier alpha value is -5.17. The summed E-state index contributed by atoms with van der Waals surface area (Å²) in [5, 5.41) is 6.88. The van der Waals surface area contributed by atoms with E-state index >= 15 is 0 Å². The number of amides is 1. The van der Waals surface area contributed by atoms with Crippen LogP contribution in [0.15, 0.2) is 78.2 Å². The molecule has 0 fully saturated rings. The number of fused-ring (bicyclic) bond motifs is 2. The molecule has 0 spiro atoms. The summed E-state index contributed by atoms with van der Waals surface area (Å²) in [6.45, 7) is 0.796. The smallest absolute Gasteiger partial charge is 0.260 e. The molecule has 0 atom stereocenters. The fourth-order valence-electron chi connectivity index (χ4n) is 4.11. The summed E-state index contributed by atoms with van der Waals surface area (Å²) in [6, 6.07) is 14.4. The van der Waals surface area contributed by atoms with Gasteiger partial charge in [-0.3, -0.25) is 14.8 Å². The maximum atomic E-state index is 12.6. The van der Waals surface area contributed by atoms with Gasteiger partial charge in [0, 0.05) is 43.0 Å². The molecule has 1 aliphatic heterocycles. The highest BCUT2D eigenvalue weighted by molar-refractivity contribution is 7.90. The van der Waals surface area contributed by atoms with Crippen molar-refractivity contribution < 1.29 is 22.7 Å². The van der Waals surface area contributed by atoms with Crippen LogP contribution in [-0.2, 0) is 22.9 Å². The van der Waals surface area contributed by atoms with Crippen LogP contribution in [0.5, 0.6) is 11.6 Å². The fraction of sp³-hybridized carbons (Fsp3) is 0.143. The first-order chi connectivity index (χ1) is 19.8. The largest absolute Gasteiger partial charge is 0.452 e. The molecule has 1 amide bonds. The normalized spacial score (nSPS) is 12.3. The van der Waals surface area contributed by atoms with Gasteiger partial charge in [-0.1, -0.05) is 6.07 Å². The third kappa shape index (κ3) is 5.89. The van der Waals surface area contributed by atoms with E-state index in [9.17, 15) is 13.2 Å². The van der Waals surface area contributed by atoms with E-state index in [0.717, 1.165) is 17.2 Å². The van der Waals surface area contributed by atoms with Crippen molar-refractivity contribution in [3.63, 3.8) is 0 Å². The molecule has 2 N–H and O–H groups in total. The van der Waals surface area contributed by atoms with Gasteiger partial charge in [-0.2, -0.15) is 0 Å². The minimum absolute atomic E-state index is 0.0245. The summed E-state index contributed by atoms with van der Waals surface area (Å²) >= 11 is 0. The first-order valence-corrected chi connectivity index (χ1v) is 14.4. The van der Waals surface area contributed by atoms with Gasteiger partial charge in [0.25, 0.3) is 11.8 Å². The molecule has 41 heavy (non-hydrogen) atoms. The van der Waals surface area contributed by atoms with Crippen LogP contribution >= 0.6 is 0 Å². The lowest BCUT2D eigenvalue weighted by Crippen LogP contribution is -2.23. The molecule has 6 heterocycles. The van der Waals surface area contributed by atoms with E-state index < -0.39 is 15.7 Å². The monoisotopic (exact) mass is 569 g/mol. The number of nitrogens with zero attached hydrogens (tertiary/aromatic N) is 5. The van der Waals surface area contributed by atoms with E-state index in [1.54, 1.807) is 18.5 Å². The molecule has 5 aromatic rings. The lowest BCUT2D eigenvalue weighted by atomic mass is 10.2. The number of anilines is 1. The van der Waals surface area contributed by atoms with Crippen molar-refractivity contribution in [1.29, 1.82) is 0 Å². The average Bonchev–Trinajstić information content (AvgIpc) is 3.46. The number of sulfone groups is 1. The van der Waals surface area contributed by atoms with Crippen LogP contribution in [0.25, 0.3) is 22.3 Å². The summed E-state index contributed by atoms with van der Waals surface area (Å²) in [5.74, 6) is 1.33. The summed E-state index contributed by atoms with van der Waals surface area (Å²) < 4.78 is 34.2. The number of pyridine rings is 5. The van der Waals surface area contributed by atoms with Gasteiger partial charge in [-0.15, -0.1) is 0 Å². The standard InChI is InChI=1S/C28H23N7O5S/c1-41(37,38)21-8-19(12-29-15-21)27(36)32-14-20-9-24-18(13-30-20)5-6-23(34-24)22-3-2-4-26(35-22)31-10-17-7-25-28(33-11-17)40-16-39-25/h2-9,11-13,15H,10,14,16H2,1H3,(H,31,35)(H,32,36). The van der Waals surface area contributed by atoms with Gasteiger partial charge in [0.15, 0.2) is 15.6 Å². The van der Waals surface area contributed by atoms with Gasteiger partial charge in [-0.25, -0.2) is 23.4 Å². The van der Waals surface area contributed by atoms with E-state index in [4.69, 9.17) is 19.4 Å². The van der Waals surface area contributed by atoms with Gasteiger partial charge in [0.1, 0.15) is 5.82 Å². The van der Waals surface area contributed by atoms with Crippen molar-refractivity contribution in [3.05, 3.63) is 90.1 Å².